The smallest absolute Gasteiger partial charge is 0.297 e. The Labute approximate surface area is 138 Å². The summed E-state index contributed by atoms with van der Waals surface area (Å²) in [5.74, 6) is -0.302. The summed E-state index contributed by atoms with van der Waals surface area (Å²) in [6, 6.07) is 13.6. The molecule has 0 atom stereocenters. The van der Waals surface area contributed by atoms with Crippen LogP contribution < -0.4 is 5.32 Å². The number of ketones is 1. The molecule has 0 fully saturated rings. The highest BCUT2D eigenvalue weighted by molar-refractivity contribution is 6.45. The van der Waals surface area contributed by atoms with Gasteiger partial charge in [-0.05, 0) is 38.1 Å². The maximum Gasteiger partial charge on any atom is 0.437 e. The average molecular weight is 331 g/mol. The van der Waals surface area contributed by atoms with Crippen LogP contribution in [0.5, 0.6) is 0 Å². The molecule has 0 saturated carbocycles. The van der Waals surface area contributed by atoms with Gasteiger partial charge in [0.2, 0.25) is 5.78 Å². The summed E-state index contributed by atoms with van der Waals surface area (Å²) in [4.78, 5) is 28.4. The molecule has 2 aromatic rings. The summed E-state index contributed by atoms with van der Waals surface area (Å²) < 4.78 is 0. The third-order valence-electron chi connectivity index (χ3n) is 3.00. The summed E-state index contributed by atoms with van der Waals surface area (Å²) in [7, 11) is 0. The van der Waals surface area contributed by atoms with E-state index in [9.17, 15) is 9.59 Å². The Balaban J connectivity index is 1.95. The first kappa shape index (κ1) is 16.7. The first-order valence-corrected chi connectivity index (χ1v) is 7.23. The molecular formula is C17H15ClN2O3. The number of carbonyl (C=O) groups excluding carboxylic acids is 2. The van der Waals surface area contributed by atoms with Gasteiger partial charge >= 0.3 is 6.09 Å². The van der Waals surface area contributed by atoms with Gasteiger partial charge in [-0.3, -0.25) is 14.9 Å². The zero-order valence-corrected chi connectivity index (χ0v) is 13.4. The van der Waals surface area contributed by atoms with Gasteiger partial charge in [-0.15, -0.1) is 0 Å². The third-order valence-corrected chi connectivity index (χ3v) is 3.25. The second-order valence-corrected chi connectivity index (χ2v) is 5.32. The number of hydrogen-bond acceptors (Lipinski definition) is 4. The van der Waals surface area contributed by atoms with E-state index >= 15 is 0 Å². The predicted octanol–water partition coefficient (Wildman–Crippen LogP) is 4.46. The average Bonchev–Trinajstić information content (AvgIpc) is 2.55. The maximum atomic E-state index is 12.1. The van der Waals surface area contributed by atoms with Crippen molar-refractivity contribution in [2.75, 3.05) is 5.32 Å². The highest BCUT2D eigenvalue weighted by atomic mass is 35.5. The predicted molar refractivity (Wildman–Crippen MR) is 90.2 cm³/mol. The first-order chi connectivity index (χ1) is 11.0. The van der Waals surface area contributed by atoms with E-state index in [1.807, 2.05) is 19.1 Å². The standard InChI is InChI=1S/C17H15ClN2O3/c1-11-3-5-13(6-4-11)16(21)12(2)20-23-17(22)19-15-9-7-14(18)8-10-15/h3-10H,1-2H3,(H,19,22)/b20-12-. The van der Waals surface area contributed by atoms with E-state index in [1.165, 1.54) is 6.92 Å². The molecule has 0 heterocycles. The fourth-order valence-electron chi connectivity index (χ4n) is 1.74. The summed E-state index contributed by atoms with van der Waals surface area (Å²) in [5, 5.41) is 6.59. The zero-order valence-electron chi connectivity index (χ0n) is 12.7. The van der Waals surface area contributed by atoms with Gasteiger partial charge in [-0.2, -0.15) is 0 Å². The summed E-state index contributed by atoms with van der Waals surface area (Å²) in [6.07, 6.45) is -0.789. The van der Waals surface area contributed by atoms with E-state index in [-0.39, 0.29) is 11.5 Å². The molecule has 5 nitrogen and oxygen atoms in total. The van der Waals surface area contributed by atoms with Gasteiger partial charge in [0.05, 0.1) is 0 Å². The van der Waals surface area contributed by atoms with Crippen LogP contribution in [0, 0.1) is 6.92 Å². The lowest BCUT2D eigenvalue weighted by Crippen LogP contribution is -2.15. The van der Waals surface area contributed by atoms with Crippen LogP contribution in [0.4, 0.5) is 10.5 Å². The molecule has 2 rings (SSSR count). The number of aryl methyl sites for hydroxylation is 1. The summed E-state index contributed by atoms with van der Waals surface area (Å²) in [6.45, 7) is 3.41. The van der Waals surface area contributed by atoms with Gasteiger partial charge < -0.3 is 0 Å². The number of nitrogens with one attached hydrogen (secondary N) is 1. The summed E-state index contributed by atoms with van der Waals surface area (Å²) in [5.41, 5.74) is 2.13. The van der Waals surface area contributed by atoms with Crippen molar-refractivity contribution in [2.45, 2.75) is 13.8 Å². The first-order valence-electron chi connectivity index (χ1n) is 6.85. The monoisotopic (exact) mass is 330 g/mol. The maximum absolute atomic E-state index is 12.1. The van der Waals surface area contributed by atoms with Crippen LogP contribution >= 0.6 is 11.6 Å². The molecule has 2 aromatic carbocycles. The van der Waals surface area contributed by atoms with Crippen molar-refractivity contribution < 1.29 is 14.4 Å². The SMILES string of the molecule is C/C(=N/OC(=O)Nc1ccc(Cl)cc1)C(=O)c1ccc(C)cc1. The molecule has 0 aliphatic carbocycles. The van der Waals surface area contributed by atoms with Crippen LogP contribution in [-0.4, -0.2) is 17.6 Å². The minimum Gasteiger partial charge on any atom is -0.297 e. The minimum atomic E-state index is -0.789. The van der Waals surface area contributed by atoms with E-state index in [4.69, 9.17) is 11.6 Å². The van der Waals surface area contributed by atoms with Crippen molar-refractivity contribution in [3.63, 3.8) is 0 Å². The Morgan fingerprint density at radius 2 is 1.65 bits per heavy atom. The Kier molecular flexibility index (Phi) is 5.49. The molecule has 0 radical (unpaired) electrons. The van der Waals surface area contributed by atoms with Crippen molar-refractivity contribution in [1.82, 2.24) is 0 Å². The van der Waals surface area contributed by atoms with E-state index in [2.05, 4.69) is 15.3 Å². The second-order valence-electron chi connectivity index (χ2n) is 4.88. The number of carbonyl (C=O) groups is 2. The molecule has 118 valence electrons. The number of hydrogen-bond donors (Lipinski definition) is 1. The van der Waals surface area contributed by atoms with Crippen LogP contribution in [0.15, 0.2) is 53.7 Å². The number of amides is 1. The van der Waals surface area contributed by atoms with Crippen LogP contribution in [0.2, 0.25) is 5.02 Å². The third kappa shape index (κ3) is 4.93. The largest absolute Gasteiger partial charge is 0.437 e. The highest BCUT2D eigenvalue weighted by Crippen LogP contribution is 2.13. The number of nitrogens with zero attached hydrogens (tertiary/aromatic N) is 1. The summed E-state index contributed by atoms with van der Waals surface area (Å²) >= 11 is 5.75. The molecule has 0 bridgehead atoms. The molecule has 23 heavy (non-hydrogen) atoms. The van der Waals surface area contributed by atoms with E-state index in [1.54, 1.807) is 36.4 Å². The Hall–Kier alpha value is -2.66. The molecule has 1 amide bonds. The fraction of sp³-hybridized carbons (Fsp3) is 0.118. The number of benzene rings is 2. The highest BCUT2D eigenvalue weighted by Gasteiger charge is 2.11. The van der Waals surface area contributed by atoms with Crippen molar-refractivity contribution in [3.05, 3.63) is 64.7 Å². The Morgan fingerprint density at radius 3 is 2.26 bits per heavy atom. The van der Waals surface area contributed by atoms with Crippen molar-refractivity contribution in [3.8, 4) is 0 Å². The second kappa shape index (κ2) is 7.56. The molecule has 0 spiro atoms. The molecule has 1 N–H and O–H groups in total. The van der Waals surface area contributed by atoms with Gasteiger partial charge in [0.25, 0.3) is 0 Å². The lowest BCUT2D eigenvalue weighted by molar-refractivity contribution is 0.105. The molecule has 0 aliphatic rings. The van der Waals surface area contributed by atoms with E-state index < -0.39 is 6.09 Å². The van der Waals surface area contributed by atoms with Crippen LogP contribution in [-0.2, 0) is 4.84 Å². The van der Waals surface area contributed by atoms with E-state index in [0.29, 0.717) is 16.3 Å². The van der Waals surface area contributed by atoms with Crippen LogP contribution in [0.1, 0.15) is 22.8 Å². The molecule has 6 heteroatoms. The van der Waals surface area contributed by atoms with Crippen molar-refractivity contribution in [1.29, 1.82) is 0 Å². The van der Waals surface area contributed by atoms with Crippen LogP contribution in [0.3, 0.4) is 0 Å². The lowest BCUT2D eigenvalue weighted by atomic mass is 10.1. The lowest BCUT2D eigenvalue weighted by Gasteiger charge is -2.04. The number of halogens is 1. The number of oxime groups is 1. The molecular weight excluding hydrogens is 316 g/mol. The Bertz CT molecular complexity index is 737. The van der Waals surface area contributed by atoms with E-state index in [0.717, 1.165) is 5.56 Å². The van der Waals surface area contributed by atoms with Gasteiger partial charge in [0.1, 0.15) is 5.71 Å². The minimum absolute atomic E-state index is 0.0834. The molecule has 0 aliphatic heterocycles. The Morgan fingerprint density at radius 1 is 1.04 bits per heavy atom. The number of Topliss-reactive ketones (excluding diaryl/α,β-unsaturated/α-hetero) is 1. The zero-order chi connectivity index (χ0) is 16.8. The number of anilines is 1. The van der Waals surface area contributed by atoms with Gasteiger partial charge in [0.15, 0.2) is 0 Å². The van der Waals surface area contributed by atoms with Gasteiger partial charge in [-0.1, -0.05) is 46.6 Å². The molecule has 0 aromatic heterocycles. The quantitative estimate of drug-likeness (QED) is 0.389. The van der Waals surface area contributed by atoms with Gasteiger partial charge in [-0.25, -0.2) is 4.79 Å². The van der Waals surface area contributed by atoms with Crippen molar-refractivity contribution in [2.24, 2.45) is 5.16 Å². The molecule has 0 saturated heterocycles. The normalized spacial score (nSPS) is 11.0. The molecule has 0 unspecified atom stereocenters. The van der Waals surface area contributed by atoms with Gasteiger partial charge in [0, 0.05) is 16.3 Å². The topological polar surface area (TPSA) is 67.8 Å². The van der Waals surface area contributed by atoms with Crippen LogP contribution in [0.25, 0.3) is 0 Å². The fourth-order valence-corrected chi connectivity index (χ4v) is 1.87. The van der Waals surface area contributed by atoms with Crippen molar-refractivity contribution >= 4 is 34.9 Å². The number of rotatable bonds is 4.